The van der Waals surface area contributed by atoms with Gasteiger partial charge in [0, 0.05) is 29.9 Å². The molecule has 28 heavy (non-hydrogen) atoms. The maximum absolute atomic E-state index is 13.5. The summed E-state index contributed by atoms with van der Waals surface area (Å²) in [5.74, 6) is 2.07. The number of para-hydroxylation sites is 1. The second-order valence-corrected chi connectivity index (χ2v) is 8.53. The van der Waals surface area contributed by atoms with Crippen molar-refractivity contribution in [3.05, 3.63) is 72.0 Å². The van der Waals surface area contributed by atoms with Crippen molar-refractivity contribution in [1.82, 2.24) is 9.88 Å². The first-order valence-corrected chi connectivity index (χ1v) is 10.4. The van der Waals surface area contributed by atoms with Gasteiger partial charge in [0.25, 0.3) is 0 Å². The van der Waals surface area contributed by atoms with E-state index in [2.05, 4.69) is 46.2 Å². The molecular formula is C24H24FN3. The molecule has 0 amide bonds. The standard InChI is InChI=1S/C24H24FN3/c25-19-8-5-16(6-9-19)20-15-28(23-18-11-13-27(14-12-18)24(20)23)22-10-7-17-3-1-2-4-21(17)26-22/h1-10,18,20,23-24H,11-15H2/t20-,23+,24+/m0/s1. The van der Waals surface area contributed by atoms with Gasteiger partial charge in [-0.3, -0.25) is 4.90 Å². The zero-order valence-corrected chi connectivity index (χ0v) is 15.8. The Labute approximate surface area is 164 Å². The van der Waals surface area contributed by atoms with Crippen LogP contribution in [0.2, 0.25) is 0 Å². The number of aromatic nitrogens is 1. The summed E-state index contributed by atoms with van der Waals surface area (Å²) in [7, 11) is 0. The van der Waals surface area contributed by atoms with Crippen LogP contribution in [-0.2, 0) is 0 Å². The number of nitrogens with zero attached hydrogens (tertiary/aromatic N) is 3. The average molecular weight is 373 g/mol. The second kappa shape index (κ2) is 6.28. The highest BCUT2D eigenvalue weighted by atomic mass is 19.1. The molecule has 4 fully saturated rings. The van der Waals surface area contributed by atoms with Gasteiger partial charge in [0.1, 0.15) is 11.6 Å². The Hall–Kier alpha value is -2.46. The molecule has 4 saturated heterocycles. The number of rotatable bonds is 2. The van der Waals surface area contributed by atoms with Crippen LogP contribution in [0.15, 0.2) is 60.7 Å². The third-order valence-electron chi connectivity index (χ3n) is 7.17. The van der Waals surface area contributed by atoms with Gasteiger partial charge in [-0.2, -0.15) is 0 Å². The molecule has 7 rings (SSSR count). The molecular weight excluding hydrogens is 349 g/mol. The fourth-order valence-corrected chi connectivity index (χ4v) is 5.90. The monoisotopic (exact) mass is 373 g/mol. The number of halogens is 1. The number of hydrogen-bond donors (Lipinski definition) is 0. The molecule has 2 aromatic carbocycles. The zero-order chi connectivity index (χ0) is 18.7. The van der Waals surface area contributed by atoms with Crippen molar-refractivity contribution in [2.45, 2.75) is 30.8 Å². The van der Waals surface area contributed by atoms with Crippen molar-refractivity contribution in [3.8, 4) is 0 Å². The molecule has 4 aliphatic heterocycles. The van der Waals surface area contributed by atoms with Crippen LogP contribution in [-0.4, -0.2) is 41.6 Å². The molecule has 3 nitrogen and oxygen atoms in total. The Morgan fingerprint density at radius 3 is 2.46 bits per heavy atom. The van der Waals surface area contributed by atoms with E-state index in [9.17, 15) is 4.39 Å². The van der Waals surface area contributed by atoms with Crippen LogP contribution in [0.4, 0.5) is 10.2 Å². The highest BCUT2D eigenvalue weighted by molar-refractivity contribution is 5.80. The fraction of sp³-hybridized carbons (Fsp3) is 0.375. The quantitative estimate of drug-likeness (QED) is 0.662. The van der Waals surface area contributed by atoms with Gasteiger partial charge in [-0.25, -0.2) is 9.37 Å². The topological polar surface area (TPSA) is 19.4 Å². The van der Waals surface area contributed by atoms with Crippen LogP contribution in [0.1, 0.15) is 24.3 Å². The smallest absolute Gasteiger partial charge is 0.129 e. The Kier molecular flexibility index (Phi) is 3.70. The molecule has 4 aliphatic rings. The minimum absolute atomic E-state index is 0.156. The van der Waals surface area contributed by atoms with Gasteiger partial charge in [-0.15, -0.1) is 0 Å². The van der Waals surface area contributed by atoms with Gasteiger partial charge in [-0.05, 0) is 67.7 Å². The molecule has 0 spiro atoms. The lowest BCUT2D eigenvalue weighted by Crippen LogP contribution is -2.60. The van der Waals surface area contributed by atoms with Crippen LogP contribution < -0.4 is 4.90 Å². The van der Waals surface area contributed by atoms with Crippen LogP contribution in [0.25, 0.3) is 10.9 Å². The van der Waals surface area contributed by atoms with Crippen LogP contribution >= 0.6 is 0 Å². The SMILES string of the molecule is Fc1ccc([C@@H]2CN(c3ccc4ccccc4n3)[C@@H]3C4CCN(CC4)[C@@H]32)cc1. The molecule has 0 saturated carbocycles. The van der Waals surface area contributed by atoms with E-state index in [1.54, 1.807) is 12.1 Å². The van der Waals surface area contributed by atoms with Crippen molar-refractivity contribution in [3.63, 3.8) is 0 Å². The summed E-state index contributed by atoms with van der Waals surface area (Å²) in [6.45, 7) is 3.35. The van der Waals surface area contributed by atoms with Gasteiger partial charge in [0.05, 0.1) is 5.52 Å². The third-order valence-corrected chi connectivity index (χ3v) is 7.17. The molecule has 4 heteroatoms. The van der Waals surface area contributed by atoms with Crippen LogP contribution in [0, 0.1) is 11.7 Å². The van der Waals surface area contributed by atoms with E-state index in [1.165, 1.54) is 36.9 Å². The fourth-order valence-electron chi connectivity index (χ4n) is 5.90. The summed E-state index contributed by atoms with van der Waals surface area (Å²) < 4.78 is 13.5. The zero-order valence-electron chi connectivity index (χ0n) is 15.8. The number of pyridine rings is 1. The number of fused-ring (bicyclic) bond motifs is 3. The molecule has 3 atom stereocenters. The summed E-state index contributed by atoms with van der Waals surface area (Å²) in [5, 5.41) is 1.19. The molecule has 0 unspecified atom stereocenters. The van der Waals surface area contributed by atoms with Crippen LogP contribution in [0.5, 0.6) is 0 Å². The summed E-state index contributed by atoms with van der Waals surface area (Å²) in [6, 6.07) is 20.9. The van der Waals surface area contributed by atoms with E-state index in [0.717, 1.165) is 23.8 Å². The van der Waals surface area contributed by atoms with E-state index < -0.39 is 0 Å². The molecule has 0 radical (unpaired) electrons. The van der Waals surface area contributed by atoms with E-state index >= 15 is 0 Å². The molecule has 142 valence electrons. The number of hydrogen-bond acceptors (Lipinski definition) is 3. The highest BCUT2D eigenvalue weighted by Crippen LogP contribution is 2.47. The number of anilines is 1. The third kappa shape index (κ3) is 2.47. The molecule has 2 bridgehead atoms. The minimum Gasteiger partial charge on any atom is -0.351 e. The number of piperidine rings is 3. The molecule has 0 N–H and O–H groups in total. The first-order chi connectivity index (χ1) is 13.8. The van der Waals surface area contributed by atoms with Crippen molar-refractivity contribution < 1.29 is 4.39 Å². The summed E-state index contributed by atoms with van der Waals surface area (Å²) >= 11 is 0. The molecule has 0 aliphatic carbocycles. The highest BCUT2D eigenvalue weighted by Gasteiger charge is 2.53. The van der Waals surface area contributed by atoms with Gasteiger partial charge in [-0.1, -0.05) is 30.3 Å². The minimum atomic E-state index is -0.156. The Balaban J connectivity index is 1.43. The lowest BCUT2D eigenvalue weighted by molar-refractivity contribution is 0.0354. The molecule has 3 aromatic rings. The predicted octanol–water partition coefficient (Wildman–Crippen LogP) is 4.44. The largest absolute Gasteiger partial charge is 0.351 e. The van der Waals surface area contributed by atoms with Gasteiger partial charge in [0.15, 0.2) is 0 Å². The van der Waals surface area contributed by atoms with Gasteiger partial charge >= 0.3 is 0 Å². The van der Waals surface area contributed by atoms with Gasteiger partial charge in [0.2, 0.25) is 0 Å². The van der Waals surface area contributed by atoms with Crippen LogP contribution in [0.3, 0.4) is 0 Å². The van der Waals surface area contributed by atoms with Crippen molar-refractivity contribution in [2.24, 2.45) is 5.92 Å². The second-order valence-electron chi connectivity index (χ2n) is 8.53. The maximum Gasteiger partial charge on any atom is 0.129 e. The van der Waals surface area contributed by atoms with E-state index in [1.807, 2.05) is 12.1 Å². The predicted molar refractivity (Wildman–Crippen MR) is 110 cm³/mol. The van der Waals surface area contributed by atoms with Crippen molar-refractivity contribution in [2.75, 3.05) is 24.5 Å². The summed E-state index contributed by atoms with van der Waals surface area (Å²) in [5.41, 5.74) is 2.32. The first-order valence-electron chi connectivity index (χ1n) is 10.4. The van der Waals surface area contributed by atoms with E-state index in [4.69, 9.17) is 4.98 Å². The average Bonchev–Trinajstić information content (AvgIpc) is 3.18. The normalized spacial score (nSPS) is 31.3. The van der Waals surface area contributed by atoms with Crippen molar-refractivity contribution >= 4 is 16.7 Å². The Bertz CT molecular complexity index is 1010. The van der Waals surface area contributed by atoms with Crippen molar-refractivity contribution in [1.29, 1.82) is 0 Å². The molecule has 5 heterocycles. The Morgan fingerprint density at radius 1 is 0.857 bits per heavy atom. The van der Waals surface area contributed by atoms with Gasteiger partial charge < -0.3 is 4.90 Å². The number of benzene rings is 2. The lowest BCUT2D eigenvalue weighted by atomic mass is 9.75. The first kappa shape index (κ1) is 16.5. The Morgan fingerprint density at radius 2 is 1.64 bits per heavy atom. The summed E-state index contributed by atoms with van der Waals surface area (Å²) in [6.07, 6.45) is 2.56. The summed E-state index contributed by atoms with van der Waals surface area (Å²) in [4.78, 5) is 10.3. The maximum atomic E-state index is 13.5. The van der Waals surface area contributed by atoms with E-state index in [0.29, 0.717) is 18.0 Å². The molecule has 1 aromatic heterocycles. The van der Waals surface area contributed by atoms with E-state index in [-0.39, 0.29) is 5.82 Å². The lowest BCUT2D eigenvalue weighted by Gasteiger charge is -2.51.